The number of hydrogen-bond acceptors (Lipinski definition) is 4. The number of carbonyl (C=O) groups excluding carboxylic acids is 1. The molecule has 0 spiro atoms. The Bertz CT molecular complexity index is 723. The molecule has 0 aliphatic carbocycles. The lowest BCUT2D eigenvalue weighted by Crippen LogP contribution is -2.46. The van der Waals surface area contributed by atoms with Gasteiger partial charge in [0.1, 0.15) is 5.75 Å². The highest BCUT2D eigenvalue weighted by atomic mass is 35.5. The number of nitrogens with zero attached hydrogens (tertiary/aromatic N) is 2. The van der Waals surface area contributed by atoms with E-state index in [1.54, 1.807) is 6.92 Å². The zero-order valence-corrected chi connectivity index (χ0v) is 16.6. The largest absolute Gasteiger partial charge is 0.494 e. The minimum Gasteiger partial charge on any atom is -0.494 e. The molecule has 4 nitrogen and oxygen atoms in total. The van der Waals surface area contributed by atoms with E-state index in [-0.39, 0.29) is 5.78 Å². The van der Waals surface area contributed by atoms with Gasteiger partial charge in [-0.25, -0.2) is 0 Å². The van der Waals surface area contributed by atoms with E-state index in [0.717, 1.165) is 62.0 Å². The number of hydrogen-bond donors (Lipinski definition) is 0. The van der Waals surface area contributed by atoms with Gasteiger partial charge in [-0.3, -0.25) is 9.69 Å². The van der Waals surface area contributed by atoms with Gasteiger partial charge in [0.25, 0.3) is 0 Å². The highest BCUT2D eigenvalue weighted by molar-refractivity contribution is 6.30. The molecular formula is C22H27ClN2O2. The van der Waals surface area contributed by atoms with Gasteiger partial charge in [-0.1, -0.05) is 23.7 Å². The van der Waals surface area contributed by atoms with Crippen LogP contribution in [0.1, 0.15) is 29.3 Å². The summed E-state index contributed by atoms with van der Waals surface area (Å²) in [4.78, 5) is 16.3. The fourth-order valence-electron chi connectivity index (χ4n) is 3.28. The predicted molar refractivity (Wildman–Crippen MR) is 110 cm³/mol. The average molecular weight is 387 g/mol. The lowest BCUT2D eigenvalue weighted by molar-refractivity contribution is 0.101. The Hall–Kier alpha value is -1.88. The average Bonchev–Trinajstić information content (AvgIpc) is 2.68. The molecule has 1 heterocycles. The van der Waals surface area contributed by atoms with E-state index in [0.29, 0.717) is 6.61 Å². The van der Waals surface area contributed by atoms with Crippen molar-refractivity contribution in [1.82, 2.24) is 9.80 Å². The summed E-state index contributed by atoms with van der Waals surface area (Å²) in [6.45, 7) is 8.70. The quantitative estimate of drug-likeness (QED) is 0.504. The number of piperazine rings is 1. The molecule has 27 heavy (non-hydrogen) atoms. The van der Waals surface area contributed by atoms with Gasteiger partial charge < -0.3 is 9.64 Å². The Balaban J connectivity index is 1.31. The molecule has 0 amide bonds. The van der Waals surface area contributed by atoms with Crippen LogP contribution < -0.4 is 4.74 Å². The Kier molecular flexibility index (Phi) is 7.27. The van der Waals surface area contributed by atoms with Gasteiger partial charge in [-0.15, -0.1) is 0 Å². The molecule has 2 aromatic carbocycles. The van der Waals surface area contributed by atoms with Crippen molar-refractivity contribution in [3.05, 3.63) is 64.7 Å². The van der Waals surface area contributed by atoms with Crippen LogP contribution >= 0.6 is 11.6 Å². The van der Waals surface area contributed by atoms with E-state index >= 15 is 0 Å². The molecule has 0 N–H and O–H groups in total. The molecule has 1 fully saturated rings. The van der Waals surface area contributed by atoms with E-state index in [4.69, 9.17) is 16.3 Å². The fraction of sp³-hybridized carbons (Fsp3) is 0.409. The maximum atomic E-state index is 11.3. The van der Waals surface area contributed by atoms with Crippen molar-refractivity contribution in [2.24, 2.45) is 0 Å². The second kappa shape index (κ2) is 9.88. The number of rotatable bonds is 8. The molecule has 144 valence electrons. The van der Waals surface area contributed by atoms with Crippen molar-refractivity contribution >= 4 is 17.4 Å². The Morgan fingerprint density at radius 3 is 2.22 bits per heavy atom. The summed E-state index contributed by atoms with van der Waals surface area (Å²) >= 11 is 5.95. The molecule has 1 saturated heterocycles. The normalized spacial score (nSPS) is 15.6. The number of Topliss-reactive ketones (excluding diaryl/α,β-unsaturated/α-hetero) is 1. The minimum absolute atomic E-state index is 0.0803. The van der Waals surface area contributed by atoms with Gasteiger partial charge in [0, 0.05) is 49.9 Å². The van der Waals surface area contributed by atoms with Gasteiger partial charge in [-0.2, -0.15) is 0 Å². The molecule has 0 aromatic heterocycles. The summed E-state index contributed by atoms with van der Waals surface area (Å²) < 4.78 is 5.78. The molecule has 0 radical (unpaired) electrons. The Morgan fingerprint density at radius 1 is 0.963 bits per heavy atom. The van der Waals surface area contributed by atoms with Crippen LogP contribution in [-0.4, -0.2) is 54.9 Å². The number of ketones is 1. The molecule has 0 saturated carbocycles. The number of benzene rings is 2. The molecule has 3 rings (SSSR count). The molecule has 0 atom stereocenters. The zero-order valence-electron chi connectivity index (χ0n) is 15.9. The lowest BCUT2D eigenvalue weighted by Gasteiger charge is -2.34. The summed E-state index contributed by atoms with van der Waals surface area (Å²) in [5.74, 6) is 0.907. The highest BCUT2D eigenvalue weighted by Gasteiger charge is 2.16. The van der Waals surface area contributed by atoms with Crippen molar-refractivity contribution in [3.8, 4) is 5.75 Å². The van der Waals surface area contributed by atoms with Crippen LogP contribution in [0.15, 0.2) is 48.5 Å². The van der Waals surface area contributed by atoms with Crippen LogP contribution in [-0.2, 0) is 6.54 Å². The zero-order chi connectivity index (χ0) is 19.1. The molecule has 0 unspecified atom stereocenters. The van der Waals surface area contributed by atoms with Crippen molar-refractivity contribution in [1.29, 1.82) is 0 Å². The summed E-state index contributed by atoms with van der Waals surface area (Å²) in [6, 6.07) is 15.5. The Labute approximate surface area is 166 Å². The monoisotopic (exact) mass is 386 g/mol. The van der Waals surface area contributed by atoms with Crippen molar-refractivity contribution < 1.29 is 9.53 Å². The molecule has 1 aliphatic heterocycles. The Morgan fingerprint density at radius 2 is 1.59 bits per heavy atom. The smallest absolute Gasteiger partial charge is 0.159 e. The molecule has 2 aromatic rings. The lowest BCUT2D eigenvalue weighted by atomic mass is 10.1. The third-order valence-corrected chi connectivity index (χ3v) is 5.18. The maximum absolute atomic E-state index is 11.3. The fourth-order valence-corrected chi connectivity index (χ4v) is 3.41. The first-order valence-electron chi connectivity index (χ1n) is 9.53. The number of halogens is 1. The summed E-state index contributed by atoms with van der Waals surface area (Å²) in [5, 5.41) is 0.792. The molecule has 0 bridgehead atoms. The summed E-state index contributed by atoms with van der Waals surface area (Å²) in [7, 11) is 0. The van der Waals surface area contributed by atoms with E-state index < -0.39 is 0 Å². The first-order chi connectivity index (χ1) is 13.1. The first kappa shape index (κ1) is 19.9. The van der Waals surface area contributed by atoms with Gasteiger partial charge in [0.05, 0.1) is 6.61 Å². The van der Waals surface area contributed by atoms with Crippen LogP contribution in [0.2, 0.25) is 5.02 Å². The van der Waals surface area contributed by atoms with Gasteiger partial charge in [0.2, 0.25) is 0 Å². The molecule has 5 heteroatoms. The number of carbonyl (C=O) groups is 1. The van der Waals surface area contributed by atoms with Crippen molar-refractivity contribution in [2.45, 2.75) is 19.9 Å². The summed E-state index contributed by atoms with van der Waals surface area (Å²) in [6.07, 6.45) is 1.01. The predicted octanol–water partition coefficient (Wildman–Crippen LogP) is 4.13. The first-order valence-corrected chi connectivity index (χ1v) is 9.91. The second-order valence-corrected chi connectivity index (χ2v) is 7.46. The van der Waals surface area contributed by atoms with Crippen LogP contribution in [0, 0.1) is 0 Å². The third kappa shape index (κ3) is 6.35. The molecular weight excluding hydrogens is 360 g/mol. The van der Waals surface area contributed by atoms with E-state index in [1.807, 2.05) is 36.4 Å². The van der Waals surface area contributed by atoms with E-state index in [1.165, 1.54) is 5.56 Å². The third-order valence-electron chi connectivity index (χ3n) is 4.93. The topological polar surface area (TPSA) is 32.8 Å². The van der Waals surface area contributed by atoms with Crippen molar-refractivity contribution in [2.75, 3.05) is 39.3 Å². The van der Waals surface area contributed by atoms with Crippen LogP contribution in [0.25, 0.3) is 0 Å². The van der Waals surface area contributed by atoms with E-state index in [9.17, 15) is 4.79 Å². The maximum Gasteiger partial charge on any atom is 0.159 e. The standard InChI is InChI=1S/C22H27ClN2O2/c1-18(26)20-5-9-22(10-6-20)27-16-2-11-24-12-14-25(15-13-24)17-19-3-7-21(23)8-4-19/h3-10H,2,11-17H2,1H3. The van der Waals surface area contributed by atoms with Crippen molar-refractivity contribution in [3.63, 3.8) is 0 Å². The van der Waals surface area contributed by atoms with E-state index in [2.05, 4.69) is 21.9 Å². The number of ether oxygens (including phenoxy) is 1. The second-order valence-electron chi connectivity index (χ2n) is 7.03. The van der Waals surface area contributed by atoms with Crippen LogP contribution in [0.4, 0.5) is 0 Å². The summed E-state index contributed by atoms with van der Waals surface area (Å²) in [5.41, 5.74) is 2.04. The molecule has 1 aliphatic rings. The van der Waals surface area contributed by atoms with Crippen LogP contribution in [0.5, 0.6) is 5.75 Å². The van der Waals surface area contributed by atoms with Crippen LogP contribution in [0.3, 0.4) is 0 Å². The van der Waals surface area contributed by atoms with Gasteiger partial charge in [-0.05, 0) is 55.3 Å². The van der Waals surface area contributed by atoms with Gasteiger partial charge in [0.15, 0.2) is 5.78 Å². The highest BCUT2D eigenvalue weighted by Crippen LogP contribution is 2.14. The minimum atomic E-state index is 0.0803. The SMILES string of the molecule is CC(=O)c1ccc(OCCCN2CCN(Cc3ccc(Cl)cc3)CC2)cc1. The van der Waals surface area contributed by atoms with Gasteiger partial charge >= 0.3 is 0 Å².